The average Bonchev–Trinajstić information content (AvgIpc) is 1.82. The smallest absolute Gasteiger partial charge is 0.162 e. The van der Waals surface area contributed by atoms with Gasteiger partial charge in [0.1, 0.15) is 0 Å². The van der Waals surface area contributed by atoms with Crippen LogP contribution in [0.25, 0.3) is 0 Å². The zero-order valence-corrected chi connectivity index (χ0v) is 7.95. The molecule has 1 aliphatic rings. The summed E-state index contributed by atoms with van der Waals surface area (Å²) in [6.07, 6.45) is 0.446. The molecule has 1 nitrogen and oxygen atoms in total. The average molecular weight is 244 g/mol. The fourth-order valence-corrected chi connectivity index (χ4v) is 2.50. The molecule has 1 aliphatic heterocycles. The van der Waals surface area contributed by atoms with Crippen LogP contribution in [-0.4, -0.2) is 14.8 Å². The minimum Gasteiger partial charge on any atom is -0.352 e. The molecule has 0 bridgehead atoms. The molecule has 8 heavy (non-hydrogen) atoms. The van der Waals surface area contributed by atoms with Gasteiger partial charge in [0.15, 0.2) is 2.94 Å². The summed E-state index contributed by atoms with van der Waals surface area (Å²) < 4.78 is 5.55. The molecule has 2 atom stereocenters. The van der Waals surface area contributed by atoms with Crippen LogP contribution in [0.4, 0.5) is 0 Å². The van der Waals surface area contributed by atoms with Crippen molar-refractivity contribution in [1.29, 1.82) is 0 Å². The second-order valence-electron chi connectivity index (χ2n) is 2.07. The molecule has 1 rings (SSSR count). The van der Waals surface area contributed by atoms with Gasteiger partial charge in [-0.3, -0.25) is 0 Å². The topological polar surface area (TPSA) is 9.23 Å². The van der Waals surface area contributed by atoms with Crippen molar-refractivity contribution in [2.24, 2.45) is 0 Å². The molecule has 1 fully saturated rings. The Morgan fingerprint density at radius 2 is 2.50 bits per heavy atom. The number of hydrogen-bond acceptors (Lipinski definition) is 2. The maximum Gasteiger partial charge on any atom is 0.162 e. The standard InChI is InChI=1S/C5H9IOS/c1-4-3-8-5(2,6)7-4/h4H,3H2,1-2H3. The molecule has 0 aromatic rings. The van der Waals surface area contributed by atoms with Gasteiger partial charge in [0.2, 0.25) is 0 Å². The lowest BCUT2D eigenvalue weighted by Gasteiger charge is -2.12. The Kier molecular flexibility index (Phi) is 2.09. The molecule has 2 unspecified atom stereocenters. The highest BCUT2D eigenvalue weighted by Crippen LogP contribution is 2.41. The first-order valence-electron chi connectivity index (χ1n) is 2.61. The van der Waals surface area contributed by atoms with Crippen LogP contribution in [0.15, 0.2) is 0 Å². The van der Waals surface area contributed by atoms with E-state index in [0.717, 1.165) is 5.75 Å². The lowest BCUT2D eigenvalue weighted by atomic mass is 10.5. The van der Waals surface area contributed by atoms with E-state index >= 15 is 0 Å². The zero-order valence-electron chi connectivity index (χ0n) is 4.98. The van der Waals surface area contributed by atoms with E-state index in [2.05, 4.69) is 36.4 Å². The number of thioether (sulfide) groups is 1. The zero-order chi connectivity index (χ0) is 6.20. The molecule has 3 heteroatoms. The van der Waals surface area contributed by atoms with Crippen molar-refractivity contribution < 1.29 is 4.74 Å². The first-order chi connectivity index (χ1) is 3.60. The third-order valence-electron chi connectivity index (χ3n) is 0.988. The fourth-order valence-electron chi connectivity index (χ4n) is 0.694. The second-order valence-corrected chi connectivity index (χ2v) is 6.27. The van der Waals surface area contributed by atoms with Gasteiger partial charge in [0.25, 0.3) is 0 Å². The maximum absolute atomic E-state index is 5.50. The van der Waals surface area contributed by atoms with E-state index in [1.54, 1.807) is 0 Å². The molecule has 0 aromatic heterocycles. The van der Waals surface area contributed by atoms with Gasteiger partial charge in [-0.2, -0.15) is 0 Å². The Morgan fingerprint density at radius 3 is 2.62 bits per heavy atom. The van der Waals surface area contributed by atoms with Crippen molar-refractivity contribution in [2.75, 3.05) is 5.75 Å². The molecule has 48 valence electrons. The second kappa shape index (κ2) is 2.34. The first-order valence-corrected chi connectivity index (χ1v) is 4.67. The van der Waals surface area contributed by atoms with Crippen LogP contribution >= 0.6 is 34.4 Å². The van der Waals surface area contributed by atoms with Crippen LogP contribution in [0.2, 0.25) is 0 Å². The van der Waals surface area contributed by atoms with Crippen LogP contribution < -0.4 is 0 Å². The van der Waals surface area contributed by atoms with Crippen molar-refractivity contribution in [3.05, 3.63) is 0 Å². The highest BCUT2D eigenvalue weighted by Gasteiger charge is 2.31. The molecule has 0 radical (unpaired) electrons. The van der Waals surface area contributed by atoms with Crippen molar-refractivity contribution in [3.8, 4) is 0 Å². The van der Waals surface area contributed by atoms with Gasteiger partial charge in [0, 0.05) is 5.75 Å². The van der Waals surface area contributed by atoms with E-state index in [9.17, 15) is 0 Å². The lowest BCUT2D eigenvalue weighted by Crippen LogP contribution is -2.11. The molecular weight excluding hydrogens is 235 g/mol. The summed E-state index contributed by atoms with van der Waals surface area (Å²) in [4.78, 5) is 0. The summed E-state index contributed by atoms with van der Waals surface area (Å²) in [5, 5.41) is 0. The van der Waals surface area contributed by atoms with Gasteiger partial charge < -0.3 is 4.74 Å². The molecule has 1 heterocycles. The predicted molar refractivity (Wildman–Crippen MR) is 45.4 cm³/mol. The summed E-state index contributed by atoms with van der Waals surface area (Å²) in [6.45, 7) is 4.21. The Morgan fingerprint density at radius 1 is 1.88 bits per heavy atom. The maximum atomic E-state index is 5.50. The lowest BCUT2D eigenvalue weighted by molar-refractivity contribution is 0.0789. The quantitative estimate of drug-likeness (QED) is 0.477. The highest BCUT2D eigenvalue weighted by molar-refractivity contribution is 14.1. The Balaban J connectivity index is 2.44. The van der Waals surface area contributed by atoms with Crippen molar-refractivity contribution in [3.63, 3.8) is 0 Å². The molecule has 1 saturated heterocycles. The normalized spacial score (nSPS) is 47.6. The Hall–Kier alpha value is 1.04. The van der Waals surface area contributed by atoms with Crippen LogP contribution in [0, 0.1) is 0 Å². The molecule has 0 spiro atoms. The largest absolute Gasteiger partial charge is 0.352 e. The Bertz CT molecular complexity index is 94.4. The van der Waals surface area contributed by atoms with Crippen LogP contribution in [-0.2, 0) is 4.74 Å². The number of ether oxygens (including phenoxy) is 1. The molecule has 0 N–H and O–H groups in total. The third kappa shape index (κ3) is 1.77. The third-order valence-corrected chi connectivity index (χ3v) is 3.42. The number of halogens is 1. The van der Waals surface area contributed by atoms with E-state index in [4.69, 9.17) is 4.74 Å². The predicted octanol–water partition coefficient (Wildman–Crippen LogP) is 2.25. The number of alkyl halides is 1. The highest BCUT2D eigenvalue weighted by atomic mass is 127. The first kappa shape index (κ1) is 7.15. The molecule has 0 amide bonds. The molecular formula is C5H9IOS. The monoisotopic (exact) mass is 244 g/mol. The van der Waals surface area contributed by atoms with Crippen LogP contribution in [0.1, 0.15) is 13.8 Å². The molecule has 0 aliphatic carbocycles. The van der Waals surface area contributed by atoms with E-state index in [0.29, 0.717) is 6.10 Å². The summed E-state index contributed by atoms with van der Waals surface area (Å²) in [6, 6.07) is 0. The minimum atomic E-state index is 0.0528. The fraction of sp³-hybridized carbons (Fsp3) is 1.00. The van der Waals surface area contributed by atoms with Gasteiger partial charge in [-0.25, -0.2) is 0 Å². The van der Waals surface area contributed by atoms with E-state index in [1.807, 2.05) is 11.8 Å². The summed E-state index contributed by atoms with van der Waals surface area (Å²) >= 11 is 4.19. The van der Waals surface area contributed by atoms with Gasteiger partial charge >= 0.3 is 0 Å². The van der Waals surface area contributed by atoms with Gasteiger partial charge in [-0.1, -0.05) is 0 Å². The van der Waals surface area contributed by atoms with Gasteiger partial charge in [-0.15, -0.1) is 11.8 Å². The van der Waals surface area contributed by atoms with Crippen LogP contribution in [0.3, 0.4) is 0 Å². The minimum absolute atomic E-state index is 0.0528. The van der Waals surface area contributed by atoms with Crippen molar-refractivity contribution in [2.45, 2.75) is 22.9 Å². The summed E-state index contributed by atoms with van der Waals surface area (Å²) in [5.74, 6) is 1.14. The summed E-state index contributed by atoms with van der Waals surface area (Å²) in [7, 11) is 0. The van der Waals surface area contributed by atoms with E-state index < -0.39 is 0 Å². The van der Waals surface area contributed by atoms with Gasteiger partial charge in [0.05, 0.1) is 6.10 Å². The SMILES string of the molecule is CC1CSC(C)(I)O1. The molecule has 0 saturated carbocycles. The van der Waals surface area contributed by atoms with Crippen LogP contribution in [0.5, 0.6) is 0 Å². The molecule has 0 aromatic carbocycles. The van der Waals surface area contributed by atoms with E-state index in [1.165, 1.54) is 0 Å². The van der Waals surface area contributed by atoms with E-state index in [-0.39, 0.29) is 2.94 Å². The Labute approximate surface area is 67.7 Å². The van der Waals surface area contributed by atoms with Crippen molar-refractivity contribution in [1.82, 2.24) is 0 Å². The number of rotatable bonds is 0. The van der Waals surface area contributed by atoms with Gasteiger partial charge in [-0.05, 0) is 36.4 Å². The number of hydrogen-bond donors (Lipinski definition) is 0. The van der Waals surface area contributed by atoms with Crippen molar-refractivity contribution >= 4 is 34.4 Å². The summed E-state index contributed by atoms with van der Waals surface area (Å²) in [5.41, 5.74) is 0.